The first-order valence-corrected chi connectivity index (χ1v) is 7.47. The molecule has 0 aliphatic heterocycles. The van der Waals surface area contributed by atoms with E-state index in [0.717, 1.165) is 27.8 Å². The summed E-state index contributed by atoms with van der Waals surface area (Å²) in [5.41, 5.74) is 3.93. The van der Waals surface area contributed by atoms with E-state index in [0.29, 0.717) is 5.39 Å². The third-order valence-electron chi connectivity index (χ3n) is 3.91. The molecule has 3 aromatic rings. The van der Waals surface area contributed by atoms with Crippen molar-refractivity contribution in [1.82, 2.24) is 4.98 Å². The molecule has 4 nitrogen and oxygen atoms in total. The number of hydrogen-bond donors (Lipinski definition) is 2. The van der Waals surface area contributed by atoms with E-state index in [1.807, 2.05) is 45.0 Å². The molecule has 0 aliphatic rings. The van der Waals surface area contributed by atoms with Gasteiger partial charge in [-0.25, -0.2) is 0 Å². The summed E-state index contributed by atoms with van der Waals surface area (Å²) >= 11 is 0. The lowest BCUT2D eigenvalue weighted by atomic mass is 10.0. The molecule has 0 saturated carbocycles. The Morgan fingerprint density at radius 2 is 1.65 bits per heavy atom. The van der Waals surface area contributed by atoms with E-state index in [9.17, 15) is 9.59 Å². The molecule has 0 saturated heterocycles. The number of nitrogens with one attached hydrogen (secondary N) is 2. The summed E-state index contributed by atoms with van der Waals surface area (Å²) in [5, 5.41) is 4.23. The number of carbonyl (C=O) groups excluding carboxylic acids is 1. The predicted molar refractivity (Wildman–Crippen MR) is 93.2 cm³/mol. The molecular formula is C19H18N2O2. The van der Waals surface area contributed by atoms with E-state index in [2.05, 4.69) is 10.3 Å². The molecule has 0 bridgehead atoms. The van der Waals surface area contributed by atoms with Crippen LogP contribution in [0.3, 0.4) is 0 Å². The molecule has 0 atom stereocenters. The van der Waals surface area contributed by atoms with Crippen molar-refractivity contribution in [3.05, 3.63) is 75.2 Å². The van der Waals surface area contributed by atoms with Crippen LogP contribution in [0.1, 0.15) is 27.2 Å². The third kappa shape index (κ3) is 2.88. The van der Waals surface area contributed by atoms with Gasteiger partial charge in [0.2, 0.25) is 0 Å². The van der Waals surface area contributed by atoms with Crippen molar-refractivity contribution in [2.24, 2.45) is 0 Å². The molecule has 0 aliphatic carbocycles. The van der Waals surface area contributed by atoms with E-state index >= 15 is 0 Å². The lowest BCUT2D eigenvalue weighted by Crippen LogP contribution is -2.19. The summed E-state index contributed by atoms with van der Waals surface area (Å²) in [5.74, 6) is -0.317. The van der Waals surface area contributed by atoms with Crippen LogP contribution >= 0.6 is 0 Å². The predicted octanol–water partition coefficient (Wildman–Crippen LogP) is 3.71. The van der Waals surface area contributed by atoms with Crippen molar-refractivity contribution in [1.29, 1.82) is 0 Å². The van der Waals surface area contributed by atoms with E-state index in [1.165, 1.54) is 0 Å². The molecule has 2 aromatic carbocycles. The van der Waals surface area contributed by atoms with Gasteiger partial charge in [0.05, 0.1) is 0 Å². The van der Waals surface area contributed by atoms with Gasteiger partial charge >= 0.3 is 0 Å². The van der Waals surface area contributed by atoms with Gasteiger partial charge in [0.1, 0.15) is 5.69 Å². The molecule has 4 heteroatoms. The molecular weight excluding hydrogens is 288 g/mol. The molecule has 23 heavy (non-hydrogen) atoms. The van der Waals surface area contributed by atoms with Gasteiger partial charge in [-0.2, -0.15) is 0 Å². The van der Waals surface area contributed by atoms with Crippen LogP contribution in [0.15, 0.2) is 47.3 Å². The number of pyridine rings is 1. The minimum absolute atomic E-state index is 0.257. The van der Waals surface area contributed by atoms with Crippen molar-refractivity contribution >= 4 is 22.4 Å². The summed E-state index contributed by atoms with van der Waals surface area (Å²) in [4.78, 5) is 27.3. The largest absolute Gasteiger partial charge is 0.320 e. The monoisotopic (exact) mass is 306 g/mol. The SMILES string of the molecule is Cc1cc(C)c(NC(=O)c2cc3ccccc3c(=O)[nH]2)c(C)c1. The van der Waals surface area contributed by atoms with Gasteiger partial charge in [0, 0.05) is 11.1 Å². The standard InChI is InChI=1S/C19H18N2O2/c1-11-8-12(2)17(13(3)9-11)21-19(23)16-10-14-6-4-5-7-15(14)18(22)20-16/h4-10H,1-3H3,(H,20,22)(H,21,23). The Morgan fingerprint density at radius 1 is 1.00 bits per heavy atom. The quantitative estimate of drug-likeness (QED) is 0.758. The highest BCUT2D eigenvalue weighted by Crippen LogP contribution is 2.22. The van der Waals surface area contributed by atoms with Gasteiger partial charge in [-0.1, -0.05) is 35.9 Å². The molecule has 0 unspecified atom stereocenters. The van der Waals surface area contributed by atoms with Gasteiger partial charge in [-0.15, -0.1) is 0 Å². The first kappa shape index (κ1) is 15.0. The number of hydrogen-bond acceptors (Lipinski definition) is 2. The first-order chi connectivity index (χ1) is 11.0. The second-order valence-electron chi connectivity index (χ2n) is 5.83. The van der Waals surface area contributed by atoms with Crippen LogP contribution < -0.4 is 10.9 Å². The van der Waals surface area contributed by atoms with Crippen LogP contribution in [-0.2, 0) is 0 Å². The van der Waals surface area contributed by atoms with Gasteiger partial charge in [-0.05, 0) is 49.4 Å². The molecule has 1 amide bonds. The molecule has 2 N–H and O–H groups in total. The fourth-order valence-electron chi connectivity index (χ4n) is 2.89. The average molecular weight is 306 g/mol. The lowest BCUT2D eigenvalue weighted by molar-refractivity contribution is 0.102. The topological polar surface area (TPSA) is 62.0 Å². The number of carbonyl (C=O) groups is 1. The Bertz CT molecular complexity index is 948. The van der Waals surface area contributed by atoms with E-state index in [1.54, 1.807) is 18.2 Å². The summed E-state index contributed by atoms with van der Waals surface area (Å²) in [6.07, 6.45) is 0. The number of anilines is 1. The Labute approximate surface area is 134 Å². The third-order valence-corrected chi connectivity index (χ3v) is 3.91. The van der Waals surface area contributed by atoms with Crippen molar-refractivity contribution in [2.75, 3.05) is 5.32 Å². The second kappa shape index (κ2) is 5.72. The van der Waals surface area contributed by atoms with Gasteiger partial charge < -0.3 is 10.3 Å². The Morgan fingerprint density at radius 3 is 2.35 bits per heavy atom. The minimum Gasteiger partial charge on any atom is -0.320 e. The number of amides is 1. The molecule has 0 spiro atoms. The minimum atomic E-state index is -0.317. The van der Waals surface area contributed by atoms with Crippen molar-refractivity contribution in [3.63, 3.8) is 0 Å². The fraction of sp³-hybridized carbons (Fsp3) is 0.158. The van der Waals surface area contributed by atoms with Crippen LogP contribution in [0, 0.1) is 20.8 Å². The highest BCUT2D eigenvalue weighted by molar-refractivity contribution is 6.05. The number of H-pyrrole nitrogens is 1. The van der Waals surface area contributed by atoms with Crippen LogP contribution in [-0.4, -0.2) is 10.9 Å². The van der Waals surface area contributed by atoms with E-state index < -0.39 is 0 Å². The molecule has 116 valence electrons. The van der Waals surface area contributed by atoms with Crippen molar-refractivity contribution < 1.29 is 4.79 Å². The Balaban J connectivity index is 2.00. The summed E-state index contributed by atoms with van der Waals surface area (Å²) < 4.78 is 0. The van der Waals surface area contributed by atoms with Gasteiger partial charge in [0.25, 0.3) is 11.5 Å². The van der Waals surface area contributed by atoms with Crippen molar-refractivity contribution in [3.8, 4) is 0 Å². The highest BCUT2D eigenvalue weighted by atomic mass is 16.2. The van der Waals surface area contributed by atoms with Gasteiger partial charge in [0.15, 0.2) is 0 Å². The maximum atomic E-state index is 12.5. The van der Waals surface area contributed by atoms with Crippen LogP contribution in [0.5, 0.6) is 0 Å². The number of fused-ring (bicyclic) bond motifs is 1. The number of benzene rings is 2. The van der Waals surface area contributed by atoms with Crippen molar-refractivity contribution in [2.45, 2.75) is 20.8 Å². The molecule has 0 radical (unpaired) electrons. The Kier molecular flexibility index (Phi) is 3.74. The average Bonchev–Trinajstić information content (AvgIpc) is 2.50. The maximum Gasteiger partial charge on any atom is 0.272 e. The fourth-order valence-corrected chi connectivity index (χ4v) is 2.89. The molecule has 0 fully saturated rings. The zero-order valence-corrected chi connectivity index (χ0v) is 13.4. The number of aromatic nitrogens is 1. The van der Waals surface area contributed by atoms with Crippen LogP contribution in [0.4, 0.5) is 5.69 Å². The number of aryl methyl sites for hydroxylation is 3. The zero-order chi connectivity index (χ0) is 16.6. The lowest BCUT2D eigenvalue weighted by Gasteiger charge is -2.13. The van der Waals surface area contributed by atoms with Gasteiger partial charge in [-0.3, -0.25) is 9.59 Å². The normalized spacial score (nSPS) is 10.7. The molecule has 1 heterocycles. The number of aromatic amines is 1. The molecule has 3 rings (SSSR count). The first-order valence-electron chi connectivity index (χ1n) is 7.47. The second-order valence-corrected chi connectivity index (χ2v) is 5.83. The summed E-state index contributed by atoms with van der Waals surface area (Å²) in [6.45, 7) is 5.93. The molecule has 1 aromatic heterocycles. The van der Waals surface area contributed by atoms with Crippen LogP contribution in [0.2, 0.25) is 0 Å². The maximum absolute atomic E-state index is 12.5. The highest BCUT2D eigenvalue weighted by Gasteiger charge is 2.12. The summed E-state index contributed by atoms with van der Waals surface area (Å²) in [7, 11) is 0. The summed E-state index contributed by atoms with van der Waals surface area (Å²) in [6, 6.07) is 12.9. The van der Waals surface area contributed by atoms with E-state index in [-0.39, 0.29) is 17.2 Å². The van der Waals surface area contributed by atoms with E-state index in [4.69, 9.17) is 0 Å². The zero-order valence-electron chi connectivity index (χ0n) is 13.4. The van der Waals surface area contributed by atoms with Crippen LogP contribution in [0.25, 0.3) is 10.8 Å². The number of rotatable bonds is 2. The smallest absolute Gasteiger partial charge is 0.272 e. The Hall–Kier alpha value is -2.88.